The first-order valence-electron chi connectivity index (χ1n) is 7.92. The van der Waals surface area contributed by atoms with Gasteiger partial charge < -0.3 is 10.6 Å². The van der Waals surface area contributed by atoms with E-state index in [-0.39, 0.29) is 21.9 Å². The molecule has 0 aromatic heterocycles. The van der Waals surface area contributed by atoms with Gasteiger partial charge in [0, 0.05) is 23.9 Å². The van der Waals surface area contributed by atoms with Crippen LogP contribution < -0.4 is 10.6 Å². The molecule has 0 aliphatic carbocycles. The van der Waals surface area contributed by atoms with Crippen LogP contribution in [0.3, 0.4) is 0 Å². The van der Waals surface area contributed by atoms with Crippen LogP contribution in [0.25, 0.3) is 0 Å². The van der Waals surface area contributed by atoms with Crippen molar-refractivity contribution in [3.05, 3.63) is 39.9 Å². The van der Waals surface area contributed by atoms with E-state index in [4.69, 9.17) is 0 Å². The van der Waals surface area contributed by atoms with Crippen molar-refractivity contribution in [3.8, 4) is 0 Å². The molecule has 1 aromatic carbocycles. The number of guanidine groups is 1. The molecule has 23 heavy (non-hydrogen) atoms. The summed E-state index contributed by atoms with van der Waals surface area (Å²) in [6.07, 6.45) is 2.46. The number of nitrogens with one attached hydrogen (secondary N) is 2. The molecule has 126 valence electrons. The molecule has 1 unspecified atom stereocenters. The van der Waals surface area contributed by atoms with E-state index >= 15 is 0 Å². The predicted molar refractivity (Wildman–Crippen MR) is 96.0 cm³/mol. The first-order chi connectivity index (χ1) is 11.0. The summed E-state index contributed by atoms with van der Waals surface area (Å²) in [5, 5.41) is 17.6. The highest BCUT2D eigenvalue weighted by molar-refractivity contribution is 8.00. The lowest BCUT2D eigenvalue weighted by Gasteiger charge is -2.24. The number of benzene rings is 1. The Kier molecular flexibility index (Phi) is 6.27. The van der Waals surface area contributed by atoms with Crippen molar-refractivity contribution in [1.29, 1.82) is 0 Å². The molecule has 6 nitrogen and oxygen atoms in total. The maximum atomic E-state index is 11.1. The molecular formula is C16H24N4O2S. The van der Waals surface area contributed by atoms with Crippen LogP contribution in [0.5, 0.6) is 0 Å². The van der Waals surface area contributed by atoms with Crippen molar-refractivity contribution < 1.29 is 4.92 Å². The third-order valence-corrected chi connectivity index (χ3v) is 5.41. The maximum Gasteiger partial charge on any atom is 0.274 e. The van der Waals surface area contributed by atoms with E-state index in [0.717, 1.165) is 13.1 Å². The van der Waals surface area contributed by atoms with Crippen LogP contribution in [0.15, 0.2) is 29.3 Å². The summed E-state index contributed by atoms with van der Waals surface area (Å²) in [6.45, 7) is 6.17. The van der Waals surface area contributed by atoms with Crippen LogP contribution >= 0.6 is 11.8 Å². The second-order valence-corrected chi connectivity index (χ2v) is 7.52. The Morgan fingerprint density at radius 1 is 1.43 bits per heavy atom. The fraction of sp³-hybridized carbons (Fsp3) is 0.562. The van der Waals surface area contributed by atoms with Gasteiger partial charge in [-0.1, -0.05) is 18.2 Å². The number of nitro groups is 1. The summed E-state index contributed by atoms with van der Waals surface area (Å²) in [6, 6.07) is 6.74. The fourth-order valence-electron chi connectivity index (χ4n) is 2.58. The summed E-state index contributed by atoms with van der Waals surface area (Å²) >= 11 is 1.99. The highest BCUT2D eigenvalue weighted by atomic mass is 32.2. The van der Waals surface area contributed by atoms with Crippen LogP contribution in [-0.2, 0) is 6.54 Å². The van der Waals surface area contributed by atoms with Crippen molar-refractivity contribution in [2.24, 2.45) is 4.99 Å². The van der Waals surface area contributed by atoms with Gasteiger partial charge in [0.1, 0.15) is 0 Å². The van der Waals surface area contributed by atoms with Crippen LogP contribution in [0.2, 0.25) is 0 Å². The Morgan fingerprint density at radius 3 is 2.87 bits per heavy atom. The van der Waals surface area contributed by atoms with Gasteiger partial charge in [-0.05, 0) is 32.4 Å². The quantitative estimate of drug-likeness (QED) is 0.361. The summed E-state index contributed by atoms with van der Waals surface area (Å²) in [4.78, 5) is 15.2. The van der Waals surface area contributed by atoms with Crippen molar-refractivity contribution in [2.75, 3.05) is 18.8 Å². The normalized spacial score (nSPS) is 21.2. The molecule has 1 aliphatic heterocycles. The summed E-state index contributed by atoms with van der Waals surface area (Å²) < 4.78 is 0.245. The van der Waals surface area contributed by atoms with E-state index in [9.17, 15) is 10.1 Å². The van der Waals surface area contributed by atoms with Crippen LogP contribution in [0.1, 0.15) is 32.3 Å². The summed E-state index contributed by atoms with van der Waals surface area (Å²) in [5.74, 6) is 1.92. The van der Waals surface area contributed by atoms with Gasteiger partial charge in [-0.25, -0.2) is 4.99 Å². The molecule has 0 bridgehead atoms. The molecule has 1 heterocycles. The lowest BCUT2D eigenvalue weighted by atomic mass is 10.1. The maximum absolute atomic E-state index is 11.1. The molecule has 0 amide bonds. The highest BCUT2D eigenvalue weighted by Crippen LogP contribution is 2.36. The molecule has 0 spiro atoms. The fourth-order valence-corrected chi connectivity index (χ4v) is 3.82. The Balaban J connectivity index is 2.02. The smallest absolute Gasteiger partial charge is 0.274 e. The number of nitrogens with zero attached hydrogens (tertiary/aromatic N) is 2. The van der Waals surface area contributed by atoms with Crippen LogP contribution in [0, 0.1) is 10.1 Å². The molecule has 0 saturated carbocycles. The van der Waals surface area contributed by atoms with Crippen LogP contribution in [-0.4, -0.2) is 34.5 Å². The largest absolute Gasteiger partial charge is 0.357 e. The summed E-state index contributed by atoms with van der Waals surface area (Å²) in [5.41, 5.74) is 0.738. The standard InChI is InChI=1S/C16H24N4O2S/c1-3-17-15(19-12-16(2)9-6-10-23-16)18-11-13-7-4-5-8-14(13)20(21)22/h4-5,7-8H,3,6,9-12H2,1-2H3,(H2,17,18,19). The number of aliphatic imine (C=N–C) groups is 1. The van der Waals surface area contributed by atoms with Crippen molar-refractivity contribution in [2.45, 2.75) is 38.0 Å². The molecule has 2 N–H and O–H groups in total. The van der Waals surface area contributed by atoms with Crippen LogP contribution in [0.4, 0.5) is 5.69 Å². The molecule has 7 heteroatoms. The number of hydrogen-bond donors (Lipinski definition) is 2. The van der Waals surface area contributed by atoms with Gasteiger partial charge in [-0.15, -0.1) is 0 Å². The summed E-state index contributed by atoms with van der Waals surface area (Å²) in [7, 11) is 0. The van der Waals surface area contributed by atoms with E-state index < -0.39 is 0 Å². The Morgan fingerprint density at radius 2 is 2.22 bits per heavy atom. The first kappa shape index (κ1) is 17.6. The topological polar surface area (TPSA) is 79.6 Å². The van der Waals surface area contributed by atoms with E-state index in [1.807, 2.05) is 18.7 Å². The molecule has 1 fully saturated rings. The Bertz CT molecular complexity index is 571. The molecule has 1 aromatic rings. The SMILES string of the molecule is CCNC(=NCc1ccccc1[N+](=O)[O-])NCC1(C)CCCS1. The minimum Gasteiger partial charge on any atom is -0.357 e. The third kappa shape index (κ3) is 5.13. The van der Waals surface area contributed by atoms with E-state index in [1.165, 1.54) is 24.7 Å². The van der Waals surface area contributed by atoms with Crippen molar-refractivity contribution in [3.63, 3.8) is 0 Å². The van der Waals surface area contributed by atoms with Gasteiger partial charge >= 0.3 is 0 Å². The number of rotatable bonds is 6. The van der Waals surface area contributed by atoms with Gasteiger partial charge in [0.25, 0.3) is 5.69 Å². The Hall–Kier alpha value is -1.76. The van der Waals surface area contributed by atoms with Gasteiger partial charge in [0.05, 0.1) is 17.0 Å². The minimum absolute atomic E-state index is 0.116. The first-order valence-corrected chi connectivity index (χ1v) is 8.91. The number of hydrogen-bond acceptors (Lipinski definition) is 4. The van der Waals surface area contributed by atoms with E-state index in [1.54, 1.807) is 18.2 Å². The molecule has 1 saturated heterocycles. The van der Waals surface area contributed by atoms with Gasteiger partial charge in [-0.3, -0.25) is 10.1 Å². The monoisotopic (exact) mass is 336 g/mol. The molecular weight excluding hydrogens is 312 g/mol. The molecule has 0 radical (unpaired) electrons. The number of para-hydroxylation sites is 1. The van der Waals surface area contributed by atoms with Crippen molar-refractivity contribution in [1.82, 2.24) is 10.6 Å². The zero-order chi connectivity index (χ0) is 16.7. The number of nitro benzene ring substituents is 1. The number of thioether (sulfide) groups is 1. The molecule has 1 atom stereocenters. The average molecular weight is 336 g/mol. The van der Waals surface area contributed by atoms with E-state index in [0.29, 0.717) is 11.5 Å². The Labute approximate surface area is 141 Å². The zero-order valence-corrected chi connectivity index (χ0v) is 14.5. The van der Waals surface area contributed by atoms with E-state index in [2.05, 4.69) is 22.5 Å². The lowest BCUT2D eigenvalue weighted by molar-refractivity contribution is -0.385. The van der Waals surface area contributed by atoms with Gasteiger partial charge in [0.15, 0.2) is 5.96 Å². The van der Waals surface area contributed by atoms with Gasteiger partial charge in [0.2, 0.25) is 0 Å². The predicted octanol–water partition coefficient (Wildman–Crippen LogP) is 2.94. The minimum atomic E-state index is -0.360. The highest BCUT2D eigenvalue weighted by Gasteiger charge is 2.29. The molecule has 1 aliphatic rings. The van der Waals surface area contributed by atoms with Crippen molar-refractivity contribution >= 4 is 23.4 Å². The second-order valence-electron chi connectivity index (χ2n) is 5.84. The second kappa shape index (κ2) is 8.19. The third-order valence-electron chi connectivity index (χ3n) is 3.87. The zero-order valence-electron chi connectivity index (χ0n) is 13.7. The lowest BCUT2D eigenvalue weighted by Crippen LogP contribution is -2.43. The average Bonchev–Trinajstić information content (AvgIpc) is 2.97. The molecule has 2 rings (SSSR count). The van der Waals surface area contributed by atoms with Gasteiger partial charge in [-0.2, -0.15) is 11.8 Å².